The first-order chi connectivity index (χ1) is 26.1. The molecule has 5 aliphatic rings. The maximum absolute atomic E-state index is 15.0. The normalized spacial score (nSPS) is 32.6. The number of aromatic amines is 1. The Kier molecular flexibility index (Phi) is 10.8. The Morgan fingerprint density at radius 2 is 1.63 bits per heavy atom. The number of hydrogen-bond donors (Lipinski definition) is 1. The number of fused-ring (bicyclic) bond motifs is 6. The molecule has 4 aliphatic carbocycles. The Labute approximate surface area is 321 Å². The molecule has 0 spiro atoms. The van der Waals surface area contributed by atoms with E-state index in [2.05, 4.69) is 35.9 Å². The predicted octanol–water partition coefficient (Wildman–Crippen LogP) is 9.18. The topological polar surface area (TPSA) is 78.5 Å². The average Bonchev–Trinajstić information content (AvgIpc) is 3.45. The molecule has 2 aromatic carbocycles. The summed E-state index contributed by atoms with van der Waals surface area (Å²) in [6.45, 7) is 12.7. The first-order valence-electron chi connectivity index (χ1n) is 21.5. The highest BCUT2D eigenvalue weighted by Gasteiger charge is 2.65. The van der Waals surface area contributed by atoms with Gasteiger partial charge in [0.2, 0.25) is 0 Å². The van der Waals surface area contributed by atoms with E-state index in [1.807, 2.05) is 18.2 Å². The van der Waals surface area contributed by atoms with Gasteiger partial charge < -0.3 is 9.64 Å². The van der Waals surface area contributed by atoms with Crippen molar-refractivity contribution in [3.8, 4) is 0 Å². The first kappa shape index (κ1) is 37.8. The number of nitrogens with zero attached hydrogens (tertiary/aromatic N) is 3. The van der Waals surface area contributed by atoms with E-state index < -0.39 is 5.82 Å². The first-order valence-corrected chi connectivity index (χ1v) is 21.5. The number of nitrogens with one attached hydrogen (secondary N) is 1. The number of unbranched alkanes of at least 4 members (excludes halogenated alkanes) is 3. The lowest BCUT2D eigenvalue weighted by Gasteiger charge is -2.64. The number of piperazine rings is 1. The molecule has 292 valence electrons. The molecule has 5 fully saturated rings. The molecule has 4 saturated carbocycles. The smallest absolute Gasteiger partial charge is 0.272 e. The van der Waals surface area contributed by atoms with Crippen molar-refractivity contribution in [2.75, 3.05) is 39.3 Å². The number of H-pyrrole nitrogens is 1. The number of ether oxygens (including phenoxy) is 1. The van der Waals surface area contributed by atoms with Crippen LogP contribution in [0.15, 0.2) is 47.3 Å². The number of halogens is 1. The van der Waals surface area contributed by atoms with Gasteiger partial charge >= 0.3 is 0 Å². The maximum Gasteiger partial charge on any atom is 0.272 e. The number of rotatable bonds is 11. The van der Waals surface area contributed by atoms with Crippen LogP contribution in [0.2, 0.25) is 0 Å². The zero-order valence-electron chi connectivity index (χ0n) is 33.1. The molecule has 8 heteroatoms. The fraction of sp³-hybridized carbons (Fsp3) is 0.674. The third-order valence-electron chi connectivity index (χ3n) is 16.1. The van der Waals surface area contributed by atoms with Crippen LogP contribution >= 0.6 is 0 Å². The predicted molar refractivity (Wildman–Crippen MR) is 213 cm³/mol. The standard InChI is InChI=1S/C46H63FN4O3/c1-44-21-9-8-12-33(44)16-17-38-37(44)19-22-46(3)41(20-23-45(38,46)2)54-29-11-5-4-10-24-50-25-27-51(28-26-50)43(53)36-30-32(15-18-39(36)47)31-40-34-13-6-7-14-35(34)42(52)49-48-40/h6-7,13-15,18,30,33,37-38,41H,4-5,8-12,16-17,19-29,31H2,1-3H3,(H,49,52)/t33-,37+,38-,41+,44+,45+,46-/m1/s1. The van der Waals surface area contributed by atoms with Gasteiger partial charge in [-0.25, -0.2) is 9.49 Å². The number of benzene rings is 2. The minimum absolute atomic E-state index is 0.0988. The third-order valence-corrected chi connectivity index (χ3v) is 16.1. The quantitative estimate of drug-likeness (QED) is 0.199. The second-order valence-corrected chi connectivity index (χ2v) is 18.6. The molecule has 7 nitrogen and oxygen atoms in total. The summed E-state index contributed by atoms with van der Waals surface area (Å²) in [5.41, 5.74) is 2.67. The van der Waals surface area contributed by atoms with Crippen molar-refractivity contribution >= 4 is 16.7 Å². The van der Waals surface area contributed by atoms with Crippen LogP contribution in [0.5, 0.6) is 0 Å². The molecule has 2 heterocycles. The summed E-state index contributed by atoms with van der Waals surface area (Å²) in [4.78, 5) is 29.9. The largest absolute Gasteiger partial charge is 0.378 e. The lowest BCUT2D eigenvalue weighted by Crippen LogP contribution is -2.57. The Morgan fingerprint density at radius 1 is 0.852 bits per heavy atom. The molecule has 1 amide bonds. The number of carbonyl (C=O) groups excluding carboxylic acids is 1. The van der Waals surface area contributed by atoms with Gasteiger partial charge in [0.05, 0.1) is 22.7 Å². The fourth-order valence-corrected chi connectivity index (χ4v) is 12.6. The fourth-order valence-electron chi connectivity index (χ4n) is 12.6. The summed E-state index contributed by atoms with van der Waals surface area (Å²) in [5.74, 6) is 2.02. The zero-order chi connectivity index (χ0) is 37.5. The average molecular weight is 739 g/mol. The van der Waals surface area contributed by atoms with Crippen LogP contribution in [0.1, 0.15) is 132 Å². The lowest BCUT2D eigenvalue weighted by molar-refractivity contribution is -0.170. The van der Waals surface area contributed by atoms with E-state index in [0.29, 0.717) is 52.9 Å². The molecule has 7 atom stereocenters. The van der Waals surface area contributed by atoms with Crippen molar-refractivity contribution in [1.82, 2.24) is 20.0 Å². The monoisotopic (exact) mass is 738 g/mol. The van der Waals surface area contributed by atoms with Gasteiger partial charge in [0.25, 0.3) is 11.5 Å². The molecule has 0 radical (unpaired) electrons. The highest BCUT2D eigenvalue weighted by atomic mass is 19.1. The Hall–Kier alpha value is -3.10. The summed E-state index contributed by atoms with van der Waals surface area (Å²) < 4.78 is 21.8. The van der Waals surface area contributed by atoms with E-state index in [-0.39, 0.29) is 17.0 Å². The van der Waals surface area contributed by atoms with Crippen molar-refractivity contribution in [3.63, 3.8) is 0 Å². The molecular formula is C46H63FN4O3. The van der Waals surface area contributed by atoms with Gasteiger partial charge in [-0.3, -0.25) is 14.5 Å². The lowest BCUT2D eigenvalue weighted by atomic mass is 9.41. The van der Waals surface area contributed by atoms with Crippen molar-refractivity contribution < 1.29 is 13.9 Å². The summed E-state index contributed by atoms with van der Waals surface area (Å²) in [6.07, 6.45) is 19.6. The molecule has 1 N–H and O–H groups in total. The van der Waals surface area contributed by atoms with Crippen molar-refractivity contribution in [3.05, 3.63) is 75.5 Å². The van der Waals surface area contributed by atoms with Gasteiger partial charge in [-0.15, -0.1) is 0 Å². The summed E-state index contributed by atoms with van der Waals surface area (Å²) >= 11 is 0. The van der Waals surface area contributed by atoms with Gasteiger partial charge in [0, 0.05) is 44.6 Å². The molecule has 8 rings (SSSR count). The molecule has 1 aromatic heterocycles. The van der Waals surface area contributed by atoms with Gasteiger partial charge in [0.15, 0.2) is 0 Å². The van der Waals surface area contributed by atoms with Crippen molar-refractivity contribution in [1.29, 1.82) is 0 Å². The van der Waals surface area contributed by atoms with Gasteiger partial charge in [-0.2, -0.15) is 5.10 Å². The van der Waals surface area contributed by atoms with Crippen LogP contribution in [-0.4, -0.2) is 71.3 Å². The highest BCUT2D eigenvalue weighted by molar-refractivity contribution is 5.95. The SMILES string of the molecule is C[C@]12CCCC[C@@H]1CC[C@@H]1[C@@H]2CC[C@]2(C)[C@@H](OCCCCCCN3CCN(C(=O)c4cc(Cc5n[nH]c(=O)c6ccccc56)ccc4F)CC3)CC[C@@]12C. The minimum atomic E-state index is -0.506. The second kappa shape index (κ2) is 15.4. The minimum Gasteiger partial charge on any atom is -0.378 e. The van der Waals surface area contributed by atoms with E-state index >= 15 is 0 Å². The molecule has 54 heavy (non-hydrogen) atoms. The number of amides is 1. The number of carbonyl (C=O) groups is 1. The van der Waals surface area contributed by atoms with E-state index in [9.17, 15) is 14.0 Å². The number of hydrogen-bond acceptors (Lipinski definition) is 5. The Bertz CT molecular complexity index is 1870. The highest BCUT2D eigenvalue weighted by Crippen LogP contribution is 2.71. The van der Waals surface area contributed by atoms with Gasteiger partial charge in [-0.1, -0.05) is 70.7 Å². The van der Waals surface area contributed by atoms with Crippen LogP contribution in [-0.2, 0) is 11.2 Å². The van der Waals surface area contributed by atoms with E-state index in [1.54, 1.807) is 23.1 Å². The van der Waals surface area contributed by atoms with Crippen LogP contribution in [0.4, 0.5) is 4.39 Å². The maximum atomic E-state index is 15.0. The Morgan fingerprint density at radius 3 is 2.46 bits per heavy atom. The molecular weight excluding hydrogens is 676 g/mol. The molecule has 0 unspecified atom stereocenters. The van der Waals surface area contributed by atoms with Crippen LogP contribution < -0.4 is 5.56 Å². The van der Waals surface area contributed by atoms with E-state index in [4.69, 9.17) is 4.74 Å². The van der Waals surface area contributed by atoms with E-state index in [1.165, 1.54) is 83.1 Å². The van der Waals surface area contributed by atoms with Crippen LogP contribution in [0.25, 0.3) is 10.8 Å². The summed E-state index contributed by atoms with van der Waals surface area (Å²) in [7, 11) is 0. The summed E-state index contributed by atoms with van der Waals surface area (Å²) in [5, 5.41) is 8.15. The van der Waals surface area contributed by atoms with E-state index in [0.717, 1.165) is 67.8 Å². The molecule has 1 saturated heterocycles. The molecule has 1 aliphatic heterocycles. The zero-order valence-corrected chi connectivity index (χ0v) is 33.1. The molecule has 0 bridgehead atoms. The second-order valence-electron chi connectivity index (χ2n) is 18.6. The number of aromatic nitrogens is 2. The van der Waals surface area contributed by atoms with Crippen LogP contribution in [0, 0.1) is 39.8 Å². The van der Waals surface area contributed by atoms with Crippen molar-refractivity contribution in [2.24, 2.45) is 34.0 Å². The van der Waals surface area contributed by atoms with Crippen LogP contribution in [0.3, 0.4) is 0 Å². The Balaban J connectivity index is 0.754. The summed E-state index contributed by atoms with van der Waals surface area (Å²) in [6, 6.07) is 12.0. The third kappa shape index (κ3) is 6.86. The van der Waals surface area contributed by atoms with Gasteiger partial charge in [0.1, 0.15) is 5.82 Å². The van der Waals surface area contributed by atoms with Gasteiger partial charge in [-0.05, 0) is 129 Å². The molecule has 3 aromatic rings. The van der Waals surface area contributed by atoms with Crippen molar-refractivity contribution in [2.45, 2.75) is 123 Å².